The lowest BCUT2D eigenvalue weighted by Gasteiger charge is -2.20. The van der Waals surface area contributed by atoms with Crippen LogP contribution in [0.3, 0.4) is 0 Å². The monoisotopic (exact) mass is 213 g/mol. The Labute approximate surface area is 79.8 Å². The summed E-state index contributed by atoms with van der Waals surface area (Å²) in [5.74, 6) is 0. The zero-order valence-electron chi connectivity index (χ0n) is 7.91. The average Bonchev–Trinajstić information content (AvgIpc) is 1.85. The van der Waals surface area contributed by atoms with Gasteiger partial charge in [-0.2, -0.15) is 0 Å². The lowest BCUT2D eigenvalue weighted by atomic mass is 10.5. The van der Waals surface area contributed by atoms with Gasteiger partial charge in [-0.3, -0.25) is 0 Å². The van der Waals surface area contributed by atoms with Gasteiger partial charge in [-0.25, -0.2) is 12.7 Å². The standard InChI is InChI=1S/C7H16ClNO2S/c1-6(2)12(10,11)9(4)5-7(3)8/h6-7H,5H2,1-4H3. The van der Waals surface area contributed by atoms with Crippen molar-refractivity contribution in [3.8, 4) is 0 Å². The van der Waals surface area contributed by atoms with Gasteiger partial charge in [0.2, 0.25) is 10.0 Å². The summed E-state index contributed by atoms with van der Waals surface area (Å²) in [6.07, 6.45) is 0. The van der Waals surface area contributed by atoms with Crippen LogP contribution in [0.1, 0.15) is 20.8 Å². The zero-order valence-corrected chi connectivity index (χ0v) is 9.48. The van der Waals surface area contributed by atoms with Crippen LogP contribution in [-0.2, 0) is 10.0 Å². The lowest BCUT2D eigenvalue weighted by Crippen LogP contribution is -2.36. The maximum absolute atomic E-state index is 11.4. The predicted octanol–water partition coefficient (Wildman–Crippen LogP) is 1.28. The van der Waals surface area contributed by atoms with Crippen LogP contribution in [0.5, 0.6) is 0 Å². The van der Waals surface area contributed by atoms with Crippen molar-refractivity contribution in [3.05, 3.63) is 0 Å². The second kappa shape index (κ2) is 4.44. The Bertz CT molecular complexity index is 224. The van der Waals surface area contributed by atoms with Crippen LogP contribution < -0.4 is 0 Å². The molecule has 0 saturated heterocycles. The first kappa shape index (κ1) is 12.2. The molecule has 12 heavy (non-hydrogen) atoms. The number of hydrogen-bond acceptors (Lipinski definition) is 2. The molecule has 3 nitrogen and oxygen atoms in total. The molecule has 74 valence electrons. The molecule has 1 atom stereocenters. The first-order valence-electron chi connectivity index (χ1n) is 3.87. The van der Waals surface area contributed by atoms with Gasteiger partial charge < -0.3 is 0 Å². The van der Waals surface area contributed by atoms with Crippen molar-refractivity contribution in [2.45, 2.75) is 31.4 Å². The maximum Gasteiger partial charge on any atom is 0.216 e. The minimum Gasteiger partial charge on any atom is -0.212 e. The highest BCUT2D eigenvalue weighted by Gasteiger charge is 2.22. The average molecular weight is 214 g/mol. The fourth-order valence-electron chi connectivity index (χ4n) is 0.818. The smallest absolute Gasteiger partial charge is 0.212 e. The summed E-state index contributed by atoms with van der Waals surface area (Å²) in [4.78, 5) is 0. The van der Waals surface area contributed by atoms with Gasteiger partial charge in [0.25, 0.3) is 0 Å². The van der Waals surface area contributed by atoms with Gasteiger partial charge in [-0.15, -0.1) is 11.6 Å². The third kappa shape index (κ3) is 3.29. The van der Waals surface area contributed by atoms with Crippen LogP contribution in [0.15, 0.2) is 0 Å². The van der Waals surface area contributed by atoms with E-state index in [0.29, 0.717) is 6.54 Å². The molecule has 0 amide bonds. The Balaban J connectivity index is 4.38. The fourth-order valence-corrected chi connectivity index (χ4v) is 2.26. The molecule has 0 aromatic heterocycles. The minimum absolute atomic E-state index is 0.150. The van der Waals surface area contributed by atoms with Gasteiger partial charge in [0, 0.05) is 19.0 Å². The topological polar surface area (TPSA) is 37.4 Å². The molecule has 0 aliphatic rings. The van der Waals surface area contributed by atoms with Crippen LogP contribution >= 0.6 is 11.6 Å². The van der Waals surface area contributed by atoms with Gasteiger partial charge in [-0.1, -0.05) is 0 Å². The Morgan fingerprint density at radius 1 is 1.33 bits per heavy atom. The summed E-state index contributed by atoms with van der Waals surface area (Å²) < 4.78 is 24.2. The molecule has 0 heterocycles. The summed E-state index contributed by atoms with van der Waals surface area (Å²) in [6.45, 7) is 5.45. The van der Waals surface area contributed by atoms with E-state index in [1.54, 1.807) is 27.8 Å². The van der Waals surface area contributed by atoms with Crippen molar-refractivity contribution in [1.29, 1.82) is 0 Å². The van der Waals surface area contributed by atoms with Crippen molar-refractivity contribution in [1.82, 2.24) is 4.31 Å². The number of sulfonamides is 1. The van der Waals surface area contributed by atoms with Crippen molar-refractivity contribution in [3.63, 3.8) is 0 Å². The number of halogens is 1. The fraction of sp³-hybridized carbons (Fsp3) is 1.00. The molecule has 0 saturated carbocycles. The summed E-state index contributed by atoms with van der Waals surface area (Å²) >= 11 is 5.68. The quantitative estimate of drug-likeness (QED) is 0.660. The summed E-state index contributed by atoms with van der Waals surface area (Å²) in [5.41, 5.74) is 0. The van der Waals surface area contributed by atoms with E-state index < -0.39 is 10.0 Å². The van der Waals surface area contributed by atoms with Crippen LogP contribution in [0, 0.1) is 0 Å². The molecule has 0 fully saturated rings. The molecule has 0 aliphatic heterocycles. The molecule has 0 N–H and O–H groups in total. The number of alkyl halides is 1. The first-order chi connectivity index (χ1) is 5.28. The van der Waals surface area contributed by atoms with Crippen LogP contribution in [0.2, 0.25) is 0 Å². The highest BCUT2D eigenvalue weighted by molar-refractivity contribution is 7.89. The number of nitrogens with zero attached hydrogens (tertiary/aromatic N) is 1. The van der Waals surface area contributed by atoms with Crippen LogP contribution in [0.4, 0.5) is 0 Å². The van der Waals surface area contributed by atoms with Gasteiger partial charge in [0.15, 0.2) is 0 Å². The van der Waals surface area contributed by atoms with E-state index in [-0.39, 0.29) is 10.6 Å². The highest BCUT2D eigenvalue weighted by Crippen LogP contribution is 2.08. The second-order valence-electron chi connectivity index (χ2n) is 3.15. The molecule has 0 aromatic carbocycles. The van der Waals surface area contributed by atoms with Gasteiger partial charge in [0.05, 0.1) is 5.25 Å². The SMILES string of the molecule is CC(Cl)CN(C)S(=O)(=O)C(C)C. The third-order valence-corrected chi connectivity index (χ3v) is 3.89. The molecule has 0 rings (SSSR count). The first-order valence-corrected chi connectivity index (χ1v) is 5.81. The van der Waals surface area contributed by atoms with E-state index in [1.165, 1.54) is 4.31 Å². The normalized spacial score (nSPS) is 15.6. The molecular formula is C7H16ClNO2S. The molecule has 0 aromatic rings. The van der Waals surface area contributed by atoms with Crippen LogP contribution in [-0.4, -0.2) is 36.9 Å². The van der Waals surface area contributed by atoms with E-state index in [0.717, 1.165) is 0 Å². The molecule has 0 aliphatic carbocycles. The van der Waals surface area contributed by atoms with E-state index in [4.69, 9.17) is 11.6 Å². The molecule has 1 unspecified atom stereocenters. The number of rotatable bonds is 4. The summed E-state index contributed by atoms with van der Waals surface area (Å²) in [5, 5.41) is -0.526. The lowest BCUT2D eigenvalue weighted by molar-refractivity contribution is 0.463. The molecule has 0 spiro atoms. The van der Waals surface area contributed by atoms with E-state index in [9.17, 15) is 8.42 Å². The Morgan fingerprint density at radius 2 is 1.75 bits per heavy atom. The highest BCUT2D eigenvalue weighted by atomic mass is 35.5. The molecule has 0 radical (unpaired) electrons. The van der Waals surface area contributed by atoms with E-state index in [1.807, 2.05) is 0 Å². The second-order valence-corrected chi connectivity index (χ2v) is 6.50. The minimum atomic E-state index is -3.12. The predicted molar refractivity (Wildman–Crippen MR) is 52.0 cm³/mol. The van der Waals surface area contributed by atoms with Crippen molar-refractivity contribution < 1.29 is 8.42 Å². The zero-order chi connectivity index (χ0) is 9.94. The summed E-state index contributed by atoms with van der Waals surface area (Å²) in [7, 11) is -1.57. The Morgan fingerprint density at radius 3 is 2.00 bits per heavy atom. The van der Waals surface area contributed by atoms with E-state index >= 15 is 0 Å². The third-order valence-electron chi connectivity index (χ3n) is 1.54. The molecule has 0 bridgehead atoms. The van der Waals surface area contributed by atoms with Crippen LogP contribution in [0.25, 0.3) is 0 Å². The Kier molecular flexibility index (Phi) is 4.51. The van der Waals surface area contributed by atoms with Gasteiger partial charge in [0.1, 0.15) is 0 Å². The van der Waals surface area contributed by atoms with Gasteiger partial charge in [-0.05, 0) is 20.8 Å². The van der Waals surface area contributed by atoms with Crippen molar-refractivity contribution >= 4 is 21.6 Å². The van der Waals surface area contributed by atoms with Crippen molar-refractivity contribution in [2.75, 3.05) is 13.6 Å². The molecular weight excluding hydrogens is 198 g/mol. The van der Waals surface area contributed by atoms with Gasteiger partial charge >= 0.3 is 0 Å². The summed E-state index contributed by atoms with van der Waals surface area (Å²) in [6, 6.07) is 0. The van der Waals surface area contributed by atoms with E-state index in [2.05, 4.69) is 0 Å². The molecule has 5 heteroatoms. The Hall–Kier alpha value is 0.200. The maximum atomic E-state index is 11.4. The van der Waals surface area contributed by atoms with Crippen molar-refractivity contribution in [2.24, 2.45) is 0 Å². The largest absolute Gasteiger partial charge is 0.216 e. The number of hydrogen-bond donors (Lipinski definition) is 0.